The van der Waals surface area contributed by atoms with Crippen LogP contribution in [0.4, 0.5) is 0 Å². The van der Waals surface area contributed by atoms with E-state index in [9.17, 15) is 13.2 Å². The van der Waals surface area contributed by atoms with Crippen molar-refractivity contribution >= 4 is 15.9 Å². The smallest absolute Gasteiger partial charge is 0.243 e. The Morgan fingerprint density at radius 1 is 0.963 bits per heavy atom. The van der Waals surface area contributed by atoms with E-state index in [0.717, 1.165) is 5.56 Å². The summed E-state index contributed by atoms with van der Waals surface area (Å²) in [6, 6.07) is 14.0. The number of methoxy groups -OCH3 is 2. The van der Waals surface area contributed by atoms with E-state index in [4.69, 9.17) is 9.47 Å². The molecule has 3 rings (SSSR count). The highest BCUT2D eigenvalue weighted by Crippen LogP contribution is 2.31. The van der Waals surface area contributed by atoms with Crippen molar-refractivity contribution in [2.75, 3.05) is 33.9 Å². The Morgan fingerprint density at radius 3 is 2.30 bits per heavy atom. The SMILES string of the molecule is COc1ccc(S(=O)(=O)N2CCN(Cc3ccccc3)C(=O)C2)cc1OC. The molecule has 0 saturated carbocycles. The van der Waals surface area contributed by atoms with Gasteiger partial charge in [0.25, 0.3) is 0 Å². The fraction of sp³-hybridized carbons (Fsp3) is 0.316. The molecular formula is C19H22N2O5S. The molecule has 0 aromatic heterocycles. The number of carbonyl (C=O) groups excluding carboxylic acids is 1. The van der Waals surface area contributed by atoms with Gasteiger partial charge in [0.2, 0.25) is 15.9 Å². The van der Waals surface area contributed by atoms with Crippen LogP contribution in [0.25, 0.3) is 0 Å². The molecule has 1 aliphatic rings. The van der Waals surface area contributed by atoms with Crippen molar-refractivity contribution in [2.24, 2.45) is 0 Å². The lowest BCUT2D eigenvalue weighted by Gasteiger charge is -2.33. The molecule has 1 saturated heterocycles. The maximum absolute atomic E-state index is 12.9. The Hall–Kier alpha value is -2.58. The second kappa shape index (κ2) is 7.98. The standard InChI is InChI=1S/C19H22N2O5S/c1-25-17-9-8-16(12-18(17)26-2)27(23,24)21-11-10-20(19(22)14-21)13-15-6-4-3-5-7-15/h3-9,12H,10-11,13-14H2,1-2H3. The van der Waals surface area contributed by atoms with Gasteiger partial charge in [-0.1, -0.05) is 30.3 Å². The van der Waals surface area contributed by atoms with Crippen molar-refractivity contribution < 1.29 is 22.7 Å². The summed E-state index contributed by atoms with van der Waals surface area (Å²) in [6.07, 6.45) is 0. The van der Waals surface area contributed by atoms with Gasteiger partial charge in [0, 0.05) is 25.7 Å². The Labute approximate surface area is 159 Å². The maximum atomic E-state index is 12.9. The molecule has 27 heavy (non-hydrogen) atoms. The number of benzene rings is 2. The maximum Gasteiger partial charge on any atom is 0.243 e. The van der Waals surface area contributed by atoms with Crippen LogP contribution >= 0.6 is 0 Å². The van der Waals surface area contributed by atoms with Crippen LogP contribution in [-0.2, 0) is 21.4 Å². The lowest BCUT2D eigenvalue weighted by Crippen LogP contribution is -2.51. The zero-order valence-corrected chi connectivity index (χ0v) is 16.1. The van der Waals surface area contributed by atoms with E-state index >= 15 is 0 Å². The van der Waals surface area contributed by atoms with Crippen molar-refractivity contribution in [2.45, 2.75) is 11.4 Å². The molecule has 8 heteroatoms. The highest BCUT2D eigenvalue weighted by molar-refractivity contribution is 7.89. The molecule has 0 aliphatic carbocycles. The van der Waals surface area contributed by atoms with Gasteiger partial charge >= 0.3 is 0 Å². The summed E-state index contributed by atoms with van der Waals surface area (Å²) in [7, 11) is -0.871. The number of hydrogen-bond acceptors (Lipinski definition) is 5. The Bertz CT molecular complexity index is 915. The number of nitrogens with zero attached hydrogens (tertiary/aromatic N) is 2. The fourth-order valence-corrected chi connectivity index (χ4v) is 4.39. The molecule has 0 atom stereocenters. The second-order valence-corrected chi connectivity index (χ2v) is 8.09. The van der Waals surface area contributed by atoms with E-state index in [-0.39, 0.29) is 23.9 Å². The first-order valence-electron chi connectivity index (χ1n) is 8.49. The molecule has 2 aromatic carbocycles. The second-order valence-electron chi connectivity index (χ2n) is 6.16. The number of ether oxygens (including phenoxy) is 2. The molecule has 1 heterocycles. The molecule has 1 aliphatic heterocycles. The van der Waals surface area contributed by atoms with Gasteiger partial charge in [-0.2, -0.15) is 4.31 Å². The minimum Gasteiger partial charge on any atom is -0.493 e. The van der Waals surface area contributed by atoms with Crippen molar-refractivity contribution in [3.63, 3.8) is 0 Å². The van der Waals surface area contributed by atoms with Gasteiger partial charge in [0.05, 0.1) is 25.7 Å². The predicted molar refractivity (Wildman–Crippen MR) is 100 cm³/mol. The normalized spacial score (nSPS) is 15.6. The molecule has 0 bridgehead atoms. The molecule has 7 nitrogen and oxygen atoms in total. The zero-order chi connectivity index (χ0) is 19.4. The van der Waals surface area contributed by atoms with Crippen LogP contribution in [-0.4, -0.2) is 57.4 Å². The Kier molecular flexibility index (Phi) is 5.67. The number of carbonyl (C=O) groups is 1. The minimum absolute atomic E-state index is 0.0736. The predicted octanol–water partition coefficient (Wildman–Crippen LogP) is 1.74. The largest absolute Gasteiger partial charge is 0.493 e. The molecule has 1 fully saturated rings. The third-order valence-corrected chi connectivity index (χ3v) is 6.33. The molecule has 0 N–H and O–H groups in total. The van der Waals surface area contributed by atoms with Crippen LogP contribution in [0.2, 0.25) is 0 Å². The highest BCUT2D eigenvalue weighted by atomic mass is 32.2. The minimum atomic E-state index is -3.80. The molecule has 2 aromatic rings. The number of rotatable bonds is 6. The van der Waals surface area contributed by atoms with Crippen LogP contribution in [0.15, 0.2) is 53.4 Å². The van der Waals surface area contributed by atoms with Gasteiger partial charge in [-0.05, 0) is 17.7 Å². The van der Waals surface area contributed by atoms with Crippen molar-refractivity contribution in [1.29, 1.82) is 0 Å². The first-order chi connectivity index (χ1) is 13.0. The van der Waals surface area contributed by atoms with E-state index in [1.54, 1.807) is 11.0 Å². The molecular weight excluding hydrogens is 368 g/mol. The van der Waals surface area contributed by atoms with Crippen LogP contribution in [0.1, 0.15) is 5.56 Å². The summed E-state index contributed by atoms with van der Waals surface area (Å²) in [5, 5.41) is 0. The number of sulfonamides is 1. The number of piperazine rings is 1. The number of amides is 1. The average Bonchev–Trinajstić information content (AvgIpc) is 2.69. The third-order valence-electron chi connectivity index (χ3n) is 4.49. The van der Waals surface area contributed by atoms with E-state index in [2.05, 4.69) is 0 Å². The van der Waals surface area contributed by atoms with E-state index in [1.165, 1.54) is 30.7 Å². The van der Waals surface area contributed by atoms with Crippen LogP contribution < -0.4 is 9.47 Å². The van der Waals surface area contributed by atoms with Crippen LogP contribution in [0, 0.1) is 0 Å². The van der Waals surface area contributed by atoms with Crippen molar-refractivity contribution in [1.82, 2.24) is 9.21 Å². The third kappa shape index (κ3) is 4.06. The summed E-state index contributed by atoms with van der Waals surface area (Å²) in [5.74, 6) is 0.557. The van der Waals surface area contributed by atoms with E-state index in [0.29, 0.717) is 24.6 Å². The van der Waals surface area contributed by atoms with Crippen molar-refractivity contribution in [3.8, 4) is 11.5 Å². The Morgan fingerprint density at radius 2 is 1.67 bits per heavy atom. The summed E-state index contributed by atoms with van der Waals surface area (Å²) >= 11 is 0. The van der Waals surface area contributed by atoms with Crippen molar-refractivity contribution in [3.05, 3.63) is 54.1 Å². The highest BCUT2D eigenvalue weighted by Gasteiger charge is 2.33. The molecule has 0 radical (unpaired) electrons. The lowest BCUT2D eigenvalue weighted by molar-refractivity contribution is -0.134. The first-order valence-corrected chi connectivity index (χ1v) is 9.93. The van der Waals surface area contributed by atoms with Gasteiger partial charge in [-0.3, -0.25) is 4.79 Å². The first kappa shape index (κ1) is 19.2. The molecule has 1 amide bonds. The van der Waals surface area contributed by atoms with E-state index in [1.807, 2.05) is 30.3 Å². The summed E-state index contributed by atoms with van der Waals surface area (Å²) < 4.78 is 37.4. The summed E-state index contributed by atoms with van der Waals surface area (Å²) in [6.45, 7) is 0.892. The zero-order valence-electron chi connectivity index (χ0n) is 15.3. The quantitative estimate of drug-likeness (QED) is 0.751. The number of hydrogen-bond donors (Lipinski definition) is 0. The van der Waals surface area contributed by atoms with Gasteiger partial charge in [-0.15, -0.1) is 0 Å². The molecule has 0 unspecified atom stereocenters. The van der Waals surface area contributed by atoms with Gasteiger partial charge in [0.1, 0.15) is 0 Å². The summed E-state index contributed by atoms with van der Waals surface area (Å²) in [5.41, 5.74) is 1.02. The van der Waals surface area contributed by atoms with Crippen LogP contribution in [0.5, 0.6) is 11.5 Å². The van der Waals surface area contributed by atoms with Crippen LogP contribution in [0.3, 0.4) is 0 Å². The average molecular weight is 390 g/mol. The lowest BCUT2D eigenvalue weighted by atomic mass is 10.2. The molecule has 144 valence electrons. The van der Waals surface area contributed by atoms with E-state index < -0.39 is 10.0 Å². The Balaban J connectivity index is 1.75. The molecule has 0 spiro atoms. The van der Waals surface area contributed by atoms with Gasteiger partial charge in [0.15, 0.2) is 11.5 Å². The topological polar surface area (TPSA) is 76.2 Å². The summed E-state index contributed by atoms with van der Waals surface area (Å²) in [4.78, 5) is 14.2. The monoisotopic (exact) mass is 390 g/mol. The van der Waals surface area contributed by atoms with Gasteiger partial charge < -0.3 is 14.4 Å². The fourth-order valence-electron chi connectivity index (χ4n) is 2.99. The van der Waals surface area contributed by atoms with Gasteiger partial charge in [-0.25, -0.2) is 8.42 Å².